The lowest BCUT2D eigenvalue weighted by Crippen LogP contribution is -2.52. The van der Waals surface area contributed by atoms with E-state index in [4.69, 9.17) is 30.7 Å². The average molecular weight is 476 g/mol. The van der Waals surface area contributed by atoms with Crippen LogP contribution in [0.15, 0.2) is 0 Å². The second-order valence-electron chi connectivity index (χ2n) is 8.29. The fourth-order valence-corrected chi connectivity index (χ4v) is 4.16. The third-order valence-electron chi connectivity index (χ3n) is 6.43. The van der Waals surface area contributed by atoms with Gasteiger partial charge in [0, 0.05) is 11.8 Å². The highest BCUT2D eigenvalue weighted by Crippen LogP contribution is 2.43. The van der Waals surface area contributed by atoms with Gasteiger partial charge in [-0.1, -0.05) is 20.3 Å². The van der Waals surface area contributed by atoms with Crippen molar-refractivity contribution in [1.82, 2.24) is 0 Å². The largest absolute Gasteiger partial charge is 0.528 e. The summed E-state index contributed by atoms with van der Waals surface area (Å²) in [6.45, 7) is 5.37. The molecule has 0 aromatic rings. The predicted octanol–water partition coefficient (Wildman–Crippen LogP) is 3.22. The van der Waals surface area contributed by atoms with Gasteiger partial charge in [-0.25, -0.2) is 19.2 Å². The van der Waals surface area contributed by atoms with Gasteiger partial charge in [0.2, 0.25) is 0 Å². The van der Waals surface area contributed by atoms with Crippen molar-refractivity contribution in [2.75, 3.05) is 0 Å². The molecule has 0 heterocycles. The van der Waals surface area contributed by atoms with Crippen LogP contribution < -0.4 is 11.8 Å². The molecule has 6 atom stereocenters. The Bertz CT molecular complexity index is 718. The van der Waals surface area contributed by atoms with Crippen LogP contribution in [-0.2, 0) is 33.4 Å². The third-order valence-corrected chi connectivity index (χ3v) is 6.43. The van der Waals surface area contributed by atoms with Crippen LogP contribution in [0.1, 0.15) is 65.7 Å². The van der Waals surface area contributed by atoms with Gasteiger partial charge in [0.1, 0.15) is 23.9 Å². The van der Waals surface area contributed by atoms with Gasteiger partial charge >= 0.3 is 24.6 Å². The molecule has 0 spiro atoms. The van der Waals surface area contributed by atoms with Crippen LogP contribution in [0.2, 0.25) is 0 Å². The summed E-state index contributed by atoms with van der Waals surface area (Å²) in [5.41, 5.74) is -0.976. The molecular formula is C20H32N2O11. The first kappa shape index (κ1) is 26.5. The first-order valence-corrected chi connectivity index (χ1v) is 10.9. The van der Waals surface area contributed by atoms with Crippen LogP contribution in [0.4, 0.5) is 19.2 Å². The minimum Gasteiger partial charge on any atom is -0.430 e. The molecule has 6 unspecified atom stereocenters. The van der Waals surface area contributed by atoms with Crippen molar-refractivity contribution in [3.05, 3.63) is 0 Å². The van der Waals surface area contributed by atoms with Crippen LogP contribution in [0.3, 0.4) is 0 Å². The van der Waals surface area contributed by atoms with E-state index in [2.05, 4.69) is 14.4 Å². The average Bonchev–Trinajstić information content (AvgIpc) is 2.73. The summed E-state index contributed by atoms with van der Waals surface area (Å²) < 4.78 is 25.5. The van der Waals surface area contributed by atoms with E-state index in [1.54, 1.807) is 13.8 Å². The lowest BCUT2D eigenvalue weighted by molar-refractivity contribution is -0.137. The van der Waals surface area contributed by atoms with Crippen LogP contribution in [0, 0.1) is 11.8 Å². The van der Waals surface area contributed by atoms with Gasteiger partial charge in [0.15, 0.2) is 0 Å². The van der Waals surface area contributed by atoms with Crippen LogP contribution >= 0.6 is 0 Å². The molecule has 33 heavy (non-hydrogen) atoms. The molecule has 0 amide bonds. The van der Waals surface area contributed by atoms with Gasteiger partial charge in [-0.15, -0.1) is 0 Å². The molecule has 0 aromatic carbocycles. The lowest BCUT2D eigenvalue weighted by Gasteiger charge is -2.45. The van der Waals surface area contributed by atoms with Crippen molar-refractivity contribution in [3.63, 3.8) is 0 Å². The second kappa shape index (κ2) is 11.9. The Kier molecular flexibility index (Phi) is 9.53. The SMILES string of the molecule is CCCC(OC(=O)OC(=O)OC1CCC1C(C)(CC)OC(=O)ON)C1CCC1OC(=O)ON. The molecule has 0 bridgehead atoms. The summed E-state index contributed by atoms with van der Waals surface area (Å²) in [4.78, 5) is 55.1. The molecule has 0 saturated heterocycles. The number of hydrogen-bond donors (Lipinski definition) is 2. The summed E-state index contributed by atoms with van der Waals surface area (Å²) in [7, 11) is 0. The Labute approximate surface area is 191 Å². The molecular weight excluding hydrogens is 444 g/mol. The Balaban J connectivity index is 1.87. The highest BCUT2D eigenvalue weighted by molar-refractivity contribution is 5.77. The fraction of sp³-hybridized carbons (Fsp3) is 0.800. The molecule has 4 N–H and O–H groups in total. The minimum atomic E-state index is -1.22. The predicted molar refractivity (Wildman–Crippen MR) is 108 cm³/mol. The van der Waals surface area contributed by atoms with E-state index in [0.29, 0.717) is 44.9 Å². The molecule has 0 aliphatic heterocycles. The molecule has 2 fully saturated rings. The number of carbonyl (C=O) groups is 4. The molecule has 0 radical (unpaired) electrons. The van der Waals surface area contributed by atoms with Crippen molar-refractivity contribution in [3.8, 4) is 0 Å². The third kappa shape index (κ3) is 6.84. The second-order valence-corrected chi connectivity index (χ2v) is 8.29. The zero-order valence-electron chi connectivity index (χ0n) is 19.0. The van der Waals surface area contributed by atoms with Crippen LogP contribution in [0.25, 0.3) is 0 Å². The van der Waals surface area contributed by atoms with Crippen molar-refractivity contribution < 1.29 is 52.5 Å². The van der Waals surface area contributed by atoms with E-state index < -0.39 is 48.5 Å². The van der Waals surface area contributed by atoms with Crippen molar-refractivity contribution in [1.29, 1.82) is 0 Å². The first-order chi connectivity index (χ1) is 15.7. The number of nitrogens with two attached hydrogens (primary N) is 2. The molecule has 2 aliphatic carbocycles. The van der Waals surface area contributed by atoms with Crippen molar-refractivity contribution in [2.24, 2.45) is 23.6 Å². The van der Waals surface area contributed by atoms with Crippen LogP contribution in [-0.4, -0.2) is 48.5 Å². The molecule has 2 rings (SSSR count). The summed E-state index contributed by atoms with van der Waals surface area (Å²) in [6.07, 6.45) is -2.37. The van der Waals surface area contributed by atoms with E-state index in [9.17, 15) is 19.2 Å². The molecule has 0 aromatic heterocycles. The Hall–Kier alpha value is -2.80. The first-order valence-electron chi connectivity index (χ1n) is 10.9. The van der Waals surface area contributed by atoms with E-state index in [1.165, 1.54) is 0 Å². The van der Waals surface area contributed by atoms with Gasteiger partial charge in [-0.05, 0) is 45.4 Å². The zero-order chi connectivity index (χ0) is 24.6. The number of ether oxygens (including phenoxy) is 5. The summed E-state index contributed by atoms with van der Waals surface area (Å²) in [5, 5.41) is 0. The van der Waals surface area contributed by atoms with Gasteiger partial charge in [-0.2, -0.15) is 11.8 Å². The standard InChI is InChI=1S/C20H32N2O11/c1-4-6-13(11-7-9-14(11)28-18(25)32-21)27-16(23)30-17(24)29-15-10-8-12(15)20(3,5-2)31-19(26)33-22/h11-15H,4-10,21-22H2,1-3H3. The lowest BCUT2D eigenvalue weighted by atomic mass is 9.70. The van der Waals surface area contributed by atoms with Gasteiger partial charge in [0.25, 0.3) is 0 Å². The highest BCUT2D eigenvalue weighted by atomic mass is 16.8. The Morgan fingerprint density at radius 3 is 2.00 bits per heavy atom. The van der Waals surface area contributed by atoms with Crippen molar-refractivity contribution >= 4 is 24.6 Å². The maximum Gasteiger partial charge on any atom is 0.528 e. The normalized spacial score (nSPS) is 26.2. The topological polar surface area (TPSA) is 185 Å². The van der Waals surface area contributed by atoms with E-state index in [-0.39, 0.29) is 11.8 Å². The maximum atomic E-state index is 12.2. The fourth-order valence-electron chi connectivity index (χ4n) is 4.16. The quantitative estimate of drug-likeness (QED) is 0.214. The summed E-state index contributed by atoms with van der Waals surface area (Å²) in [6, 6.07) is 0. The van der Waals surface area contributed by atoms with Crippen LogP contribution in [0.5, 0.6) is 0 Å². The van der Waals surface area contributed by atoms with Gasteiger partial charge < -0.3 is 33.4 Å². The monoisotopic (exact) mass is 476 g/mol. The smallest absolute Gasteiger partial charge is 0.430 e. The zero-order valence-corrected chi connectivity index (χ0v) is 19.0. The van der Waals surface area contributed by atoms with Crippen molar-refractivity contribution in [2.45, 2.75) is 89.6 Å². The van der Waals surface area contributed by atoms with Gasteiger partial charge in [0.05, 0.1) is 0 Å². The number of carbonyl (C=O) groups excluding carboxylic acids is 4. The molecule has 2 aliphatic rings. The maximum absolute atomic E-state index is 12.2. The highest BCUT2D eigenvalue weighted by Gasteiger charge is 2.49. The summed E-state index contributed by atoms with van der Waals surface area (Å²) in [5.74, 6) is 9.02. The Morgan fingerprint density at radius 2 is 1.52 bits per heavy atom. The molecule has 13 heteroatoms. The molecule has 188 valence electrons. The number of rotatable bonds is 9. The number of hydrogen-bond acceptors (Lipinski definition) is 13. The van der Waals surface area contributed by atoms with Gasteiger partial charge in [-0.3, -0.25) is 0 Å². The van der Waals surface area contributed by atoms with E-state index in [0.717, 1.165) is 0 Å². The van der Waals surface area contributed by atoms with E-state index in [1.807, 2.05) is 6.92 Å². The Morgan fingerprint density at radius 1 is 0.879 bits per heavy atom. The molecule has 13 nitrogen and oxygen atoms in total. The minimum absolute atomic E-state index is 0.270. The summed E-state index contributed by atoms with van der Waals surface area (Å²) >= 11 is 0. The molecule has 2 saturated carbocycles. The van der Waals surface area contributed by atoms with E-state index >= 15 is 0 Å².